The zero-order chi connectivity index (χ0) is 13.7. The van der Waals surface area contributed by atoms with Crippen molar-refractivity contribution in [1.82, 2.24) is 5.32 Å². The normalized spacial score (nSPS) is 13.7. The molecule has 1 aromatic carbocycles. The van der Waals surface area contributed by atoms with E-state index >= 15 is 0 Å². The molecule has 0 heterocycles. The van der Waals surface area contributed by atoms with Gasteiger partial charge in [0.15, 0.2) is 0 Å². The van der Waals surface area contributed by atoms with E-state index < -0.39 is 0 Å². The maximum atomic E-state index is 9.76. The van der Waals surface area contributed by atoms with E-state index in [0.29, 0.717) is 11.8 Å². The lowest BCUT2D eigenvalue weighted by atomic mass is 10.0. The highest BCUT2D eigenvalue weighted by atomic mass is 16.3. The maximum absolute atomic E-state index is 9.76. The Morgan fingerprint density at radius 2 is 1.89 bits per heavy atom. The Balaban J connectivity index is 2.88. The summed E-state index contributed by atoms with van der Waals surface area (Å²) in [6.07, 6.45) is 3.34. The quantitative estimate of drug-likeness (QED) is 0.829. The number of aryl methyl sites for hydroxylation is 2. The third kappa shape index (κ3) is 3.88. The highest BCUT2D eigenvalue weighted by Gasteiger charge is 2.05. The summed E-state index contributed by atoms with van der Waals surface area (Å²) in [5, 5.41) is 13.2. The van der Waals surface area contributed by atoms with Gasteiger partial charge in [-0.2, -0.15) is 0 Å². The van der Waals surface area contributed by atoms with Crippen LogP contribution in [0.1, 0.15) is 43.9 Å². The van der Waals surface area contributed by atoms with Crippen molar-refractivity contribution < 1.29 is 5.11 Å². The van der Waals surface area contributed by atoms with Gasteiger partial charge in [0.1, 0.15) is 5.75 Å². The van der Waals surface area contributed by atoms with E-state index in [2.05, 4.69) is 32.2 Å². The van der Waals surface area contributed by atoms with E-state index in [9.17, 15) is 5.11 Å². The Bertz CT molecular complexity index is 412. The van der Waals surface area contributed by atoms with Gasteiger partial charge in [0.05, 0.1) is 0 Å². The number of hydrogen-bond donors (Lipinski definition) is 2. The van der Waals surface area contributed by atoms with Crippen LogP contribution in [0.5, 0.6) is 5.75 Å². The van der Waals surface area contributed by atoms with Crippen molar-refractivity contribution in [3.05, 3.63) is 34.4 Å². The molecule has 1 unspecified atom stereocenters. The number of benzene rings is 1. The largest absolute Gasteiger partial charge is 0.507 e. The first kappa shape index (κ1) is 14.8. The van der Waals surface area contributed by atoms with Gasteiger partial charge in [0.2, 0.25) is 0 Å². The molecule has 0 saturated heterocycles. The summed E-state index contributed by atoms with van der Waals surface area (Å²) in [6, 6.07) is 4.44. The van der Waals surface area contributed by atoms with Gasteiger partial charge in [0, 0.05) is 6.04 Å². The molecule has 2 N–H and O–H groups in total. The maximum Gasteiger partial charge on any atom is 0.121 e. The minimum absolute atomic E-state index is 0.388. The fourth-order valence-corrected chi connectivity index (χ4v) is 1.98. The van der Waals surface area contributed by atoms with Crippen LogP contribution in [-0.4, -0.2) is 17.7 Å². The highest BCUT2D eigenvalue weighted by Crippen LogP contribution is 2.24. The summed E-state index contributed by atoms with van der Waals surface area (Å²) in [4.78, 5) is 0. The molecule has 0 spiro atoms. The average molecular weight is 247 g/mol. The third-order valence-electron chi connectivity index (χ3n) is 3.29. The second-order valence-electron chi connectivity index (χ2n) is 5.07. The topological polar surface area (TPSA) is 32.3 Å². The van der Waals surface area contributed by atoms with Gasteiger partial charge in [-0.1, -0.05) is 18.6 Å². The SMILES string of the molecule is CCCNC(C)/C(C)=C/c1cc(C)c(O)c(C)c1. The molecule has 2 nitrogen and oxygen atoms in total. The van der Waals surface area contributed by atoms with Gasteiger partial charge >= 0.3 is 0 Å². The Hall–Kier alpha value is -1.28. The molecule has 0 aromatic heterocycles. The Labute approximate surface area is 111 Å². The van der Waals surface area contributed by atoms with E-state index in [1.165, 1.54) is 5.57 Å². The first-order chi connectivity index (χ1) is 8.45. The predicted molar refractivity (Wildman–Crippen MR) is 79.0 cm³/mol. The summed E-state index contributed by atoms with van der Waals surface area (Å²) < 4.78 is 0. The van der Waals surface area contributed by atoms with E-state index in [1.807, 2.05) is 26.0 Å². The van der Waals surface area contributed by atoms with Crippen molar-refractivity contribution in [3.63, 3.8) is 0 Å². The van der Waals surface area contributed by atoms with E-state index in [4.69, 9.17) is 0 Å². The molecule has 0 radical (unpaired) electrons. The molecular weight excluding hydrogens is 222 g/mol. The van der Waals surface area contributed by atoms with Crippen LogP contribution in [0.4, 0.5) is 0 Å². The second-order valence-corrected chi connectivity index (χ2v) is 5.07. The summed E-state index contributed by atoms with van der Waals surface area (Å²) in [5.74, 6) is 0.405. The molecule has 0 fully saturated rings. The lowest BCUT2D eigenvalue weighted by Gasteiger charge is -2.14. The number of rotatable bonds is 5. The van der Waals surface area contributed by atoms with Crippen molar-refractivity contribution in [2.24, 2.45) is 0 Å². The lowest BCUT2D eigenvalue weighted by Crippen LogP contribution is -2.27. The smallest absolute Gasteiger partial charge is 0.121 e. The Kier molecular flexibility index (Phi) is 5.42. The minimum atomic E-state index is 0.388. The molecule has 0 aliphatic rings. The van der Waals surface area contributed by atoms with Crippen molar-refractivity contribution in [2.45, 2.75) is 47.1 Å². The van der Waals surface area contributed by atoms with Gasteiger partial charge in [-0.25, -0.2) is 0 Å². The van der Waals surface area contributed by atoms with Crippen molar-refractivity contribution >= 4 is 6.08 Å². The number of aromatic hydroxyl groups is 1. The minimum Gasteiger partial charge on any atom is -0.507 e. The average Bonchev–Trinajstić information content (AvgIpc) is 2.32. The van der Waals surface area contributed by atoms with Crippen molar-refractivity contribution in [2.75, 3.05) is 6.54 Å². The number of phenols is 1. The van der Waals surface area contributed by atoms with Gasteiger partial charge in [-0.05, 0) is 69.5 Å². The zero-order valence-electron chi connectivity index (χ0n) is 12.2. The molecule has 0 saturated carbocycles. The van der Waals surface area contributed by atoms with Crippen LogP contribution in [0, 0.1) is 13.8 Å². The predicted octanol–water partition coefficient (Wildman–Crippen LogP) is 3.80. The molecular formula is C16H25NO. The fourth-order valence-electron chi connectivity index (χ4n) is 1.98. The molecule has 0 aliphatic carbocycles. The molecule has 1 atom stereocenters. The van der Waals surface area contributed by atoms with Crippen LogP contribution in [0.3, 0.4) is 0 Å². The molecule has 1 rings (SSSR count). The van der Waals surface area contributed by atoms with Crippen LogP contribution >= 0.6 is 0 Å². The molecule has 18 heavy (non-hydrogen) atoms. The number of hydrogen-bond acceptors (Lipinski definition) is 2. The van der Waals surface area contributed by atoms with E-state index in [1.54, 1.807) is 0 Å². The number of phenolic OH excluding ortho intramolecular Hbond substituents is 1. The Morgan fingerprint density at radius 1 is 1.33 bits per heavy atom. The monoisotopic (exact) mass is 247 g/mol. The zero-order valence-corrected chi connectivity index (χ0v) is 12.2. The molecule has 100 valence electrons. The van der Waals surface area contributed by atoms with E-state index in [-0.39, 0.29) is 0 Å². The summed E-state index contributed by atoms with van der Waals surface area (Å²) in [5.41, 5.74) is 4.34. The molecule has 0 amide bonds. The second kappa shape index (κ2) is 6.60. The summed E-state index contributed by atoms with van der Waals surface area (Å²) in [7, 11) is 0. The van der Waals surface area contributed by atoms with E-state index in [0.717, 1.165) is 29.7 Å². The first-order valence-corrected chi connectivity index (χ1v) is 6.67. The molecule has 2 heteroatoms. The Morgan fingerprint density at radius 3 is 2.39 bits per heavy atom. The standard InChI is InChI=1S/C16H25NO/c1-6-7-17-14(5)11(2)8-15-9-12(3)16(18)13(4)10-15/h8-10,14,17-18H,6-7H2,1-5H3/b11-8+. The highest BCUT2D eigenvalue weighted by molar-refractivity contribution is 5.58. The van der Waals surface area contributed by atoms with Gasteiger partial charge in [-0.3, -0.25) is 0 Å². The number of nitrogens with one attached hydrogen (secondary N) is 1. The third-order valence-corrected chi connectivity index (χ3v) is 3.29. The van der Waals surface area contributed by atoms with Gasteiger partial charge in [-0.15, -0.1) is 0 Å². The molecule has 0 bridgehead atoms. The van der Waals surface area contributed by atoms with Crippen molar-refractivity contribution in [3.8, 4) is 5.75 Å². The van der Waals surface area contributed by atoms with Crippen molar-refractivity contribution in [1.29, 1.82) is 0 Å². The lowest BCUT2D eigenvalue weighted by molar-refractivity contribution is 0.467. The van der Waals surface area contributed by atoms with Crippen LogP contribution in [0.25, 0.3) is 6.08 Å². The molecule has 1 aromatic rings. The fraction of sp³-hybridized carbons (Fsp3) is 0.500. The van der Waals surface area contributed by atoms with Crippen LogP contribution < -0.4 is 5.32 Å². The van der Waals surface area contributed by atoms with Gasteiger partial charge < -0.3 is 10.4 Å². The van der Waals surface area contributed by atoms with Crippen LogP contribution in [0.15, 0.2) is 17.7 Å². The first-order valence-electron chi connectivity index (χ1n) is 6.67. The van der Waals surface area contributed by atoms with Crippen LogP contribution in [-0.2, 0) is 0 Å². The van der Waals surface area contributed by atoms with Gasteiger partial charge in [0.25, 0.3) is 0 Å². The summed E-state index contributed by atoms with van der Waals surface area (Å²) in [6.45, 7) is 11.4. The molecule has 0 aliphatic heterocycles. The van der Waals surface area contributed by atoms with Crippen LogP contribution in [0.2, 0.25) is 0 Å². The summed E-state index contributed by atoms with van der Waals surface area (Å²) >= 11 is 0.